The van der Waals surface area contributed by atoms with E-state index in [1.165, 1.54) is 11.6 Å². The molecule has 3 nitrogen and oxygen atoms in total. The number of fused-ring (bicyclic) bond motifs is 1. The number of benzene rings is 2. The summed E-state index contributed by atoms with van der Waals surface area (Å²) in [5.41, 5.74) is 2.06. The maximum atomic E-state index is 13.7. The van der Waals surface area contributed by atoms with E-state index in [0.717, 1.165) is 24.3 Å². The molecule has 1 N–H and O–H groups in total. The monoisotopic (exact) mass is 287 g/mol. The van der Waals surface area contributed by atoms with Crippen molar-refractivity contribution in [1.29, 1.82) is 0 Å². The predicted octanol–water partition coefficient (Wildman–Crippen LogP) is 3.45. The lowest BCUT2D eigenvalue weighted by Crippen LogP contribution is -2.27. The Hall–Kier alpha value is -2.07. The van der Waals surface area contributed by atoms with Crippen LogP contribution in [-0.4, -0.2) is 13.7 Å². The number of rotatable bonds is 4. The van der Waals surface area contributed by atoms with Gasteiger partial charge in [-0.3, -0.25) is 0 Å². The van der Waals surface area contributed by atoms with E-state index in [4.69, 9.17) is 9.47 Å². The summed E-state index contributed by atoms with van der Waals surface area (Å²) >= 11 is 0. The van der Waals surface area contributed by atoms with Crippen LogP contribution in [0.5, 0.6) is 11.5 Å². The minimum absolute atomic E-state index is 0.117. The van der Waals surface area contributed by atoms with Crippen LogP contribution in [0.4, 0.5) is 4.39 Å². The Morgan fingerprint density at radius 3 is 2.81 bits per heavy atom. The first-order valence-corrected chi connectivity index (χ1v) is 7.05. The van der Waals surface area contributed by atoms with Gasteiger partial charge in [0.2, 0.25) is 0 Å². The summed E-state index contributed by atoms with van der Waals surface area (Å²) in [6.45, 7) is 1.26. The molecule has 3 rings (SSSR count). The summed E-state index contributed by atoms with van der Waals surface area (Å²) in [6, 6.07) is 13.1. The van der Waals surface area contributed by atoms with E-state index in [9.17, 15) is 4.39 Å². The number of hydrogen-bond donors (Lipinski definition) is 1. The molecule has 0 saturated carbocycles. The van der Waals surface area contributed by atoms with Crippen LogP contribution in [-0.2, 0) is 6.54 Å². The predicted molar refractivity (Wildman–Crippen MR) is 79.1 cm³/mol. The van der Waals surface area contributed by atoms with Crippen molar-refractivity contribution in [2.75, 3.05) is 13.7 Å². The lowest BCUT2D eigenvalue weighted by atomic mass is 10.00. The molecule has 21 heavy (non-hydrogen) atoms. The fraction of sp³-hybridized carbons (Fsp3) is 0.294. The molecule has 1 aliphatic rings. The Balaban J connectivity index is 1.70. The van der Waals surface area contributed by atoms with Gasteiger partial charge >= 0.3 is 0 Å². The van der Waals surface area contributed by atoms with Gasteiger partial charge in [-0.05, 0) is 23.8 Å². The second kappa shape index (κ2) is 6.14. The molecule has 1 heterocycles. The van der Waals surface area contributed by atoms with Crippen LogP contribution >= 0.6 is 0 Å². The number of nitrogens with one attached hydrogen (secondary N) is 1. The fourth-order valence-corrected chi connectivity index (χ4v) is 2.58. The molecule has 1 unspecified atom stereocenters. The van der Waals surface area contributed by atoms with Crippen molar-refractivity contribution in [2.45, 2.75) is 19.0 Å². The van der Waals surface area contributed by atoms with E-state index in [0.29, 0.717) is 12.4 Å². The Kier molecular flexibility index (Phi) is 4.06. The topological polar surface area (TPSA) is 30.5 Å². The number of hydrogen-bond acceptors (Lipinski definition) is 3. The summed E-state index contributed by atoms with van der Waals surface area (Å²) in [6.07, 6.45) is 0.840. The molecule has 2 aromatic carbocycles. The fourth-order valence-electron chi connectivity index (χ4n) is 2.58. The highest BCUT2D eigenvalue weighted by atomic mass is 19.1. The summed E-state index contributed by atoms with van der Waals surface area (Å²) < 4.78 is 24.3. The Labute approximate surface area is 123 Å². The molecule has 4 heteroatoms. The summed E-state index contributed by atoms with van der Waals surface area (Å²) in [7, 11) is 1.65. The zero-order valence-electron chi connectivity index (χ0n) is 11.9. The van der Waals surface area contributed by atoms with Crippen molar-refractivity contribution >= 4 is 0 Å². The van der Waals surface area contributed by atoms with Gasteiger partial charge < -0.3 is 14.8 Å². The van der Waals surface area contributed by atoms with Crippen LogP contribution in [0, 0.1) is 5.82 Å². The largest absolute Gasteiger partial charge is 0.497 e. The molecule has 1 aliphatic heterocycles. The van der Waals surface area contributed by atoms with Gasteiger partial charge in [-0.2, -0.15) is 0 Å². The normalized spacial score (nSPS) is 17.0. The molecule has 0 bridgehead atoms. The van der Waals surface area contributed by atoms with Crippen molar-refractivity contribution in [1.82, 2.24) is 5.32 Å². The molecule has 0 aromatic heterocycles. The van der Waals surface area contributed by atoms with Crippen LogP contribution < -0.4 is 14.8 Å². The third-order valence-electron chi connectivity index (χ3n) is 3.74. The van der Waals surface area contributed by atoms with Crippen LogP contribution in [0.15, 0.2) is 42.5 Å². The van der Waals surface area contributed by atoms with E-state index in [1.54, 1.807) is 13.2 Å². The van der Waals surface area contributed by atoms with Crippen LogP contribution in [0.25, 0.3) is 0 Å². The van der Waals surface area contributed by atoms with Crippen LogP contribution in [0.1, 0.15) is 23.6 Å². The third kappa shape index (κ3) is 3.00. The van der Waals surface area contributed by atoms with Gasteiger partial charge in [-0.1, -0.05) is 24.3 Å². The van der Waals surface area contributed by atoms with Gasteiger partial charge in [-0.15, -0.1) is 0 Å². The molecule has 0 spiro atoms. The van der Waals surface area contributed by atoms with Gasteiger partial charge in [0.05, 0.1) is 13.7 Å². The SMILES string of the molecule is COc1ccc(CNC2CCOc3c(F)cccc32)cc1. The lowest BCUT2D eigenvalue weighted by molar-refractivity contribution is 0.240. The number of halogens is 1. The van der Waals surface area contributed by atoms with Gasteiger partial charge in [0, 0.05) is 24.6 Å². The molecular weight excluding hydrogens is 269 g/mol. The summed E-state index contributed by atoms with van der Waals surface area (Å²) in [4.78, 5) is 0. The maximum Gasteiger partial charge on any atom is 0.165 e. The molecule has 0 saturated heterocycles. The van der Waals surface area contributed by atoms with E-state index in [2.05, 4.69) is 5.32 Å². The van der Waals surface area contributed by atoms with Gasteiger partial charge in [-0.25, -0.2) is 4.39 Å². The molecule has 0 radical (unpaired) electrons. The van der Waals surface area contributed by atoms with Gasteiger partial charge in [0.1, 0.15) is 5.75 Å². The molecule has 0 amide bonds. The highest BCUT2D eigenvalue weighted by Crippen LogP contribution is 2.34. The first-order valence-electron chi connectivity index (χ1n) is 7.05. The minimum Gasteiger partial charge on any atom is -0.497 e. The van der Waals surface area contributed by atoms with Crippen molar-refractivity contribution in [3.05, 3.63) is 59.4 Å². The zero-order valence-corrected chi connectivity index (χ0v) is 11.9. The average Bonchev–Trinajstić information content (AvgIpc) is 2.54. The summed E-state index contributed by atoms with van der Waals surface area (Å²) in [5, 5.41) is 3.47. The molecule has 1 atom stereocenters. The Morgan fingerprint density at radius 2 is 2.05 bits per heavy atom. The quantitative estimate of drug-likeness (QED) is 0.934. The zero-order chi connectivity index (χ0) is 14.7. The second-order valence-corrected chi connectivity index (χ2v) is 5.08. The highest BCUT2D eigenvalue weighted by Gasteiger charge is 2.23. The first-order chi connectivity index (χ1) is 10.3. The van der Waals surface area contributed by atoms with E-state index in [1.807, 2.05) is 30.3 Å². The van der Waals surface area contributed by atoms with Gasteiger partial charge in [0.25, 0.3) is 0 Å². The van der Waals surface area contributed by atoms with E-state index < -0.39 is 0 Å². The van der Waals surface area contributed by atoms with Crippen molar-refractivity contribution in [2.24, 2.45) is 0 Å². The lowest BCUT2D eigenvalue weighted by Gasteiger charge is -2.27. The molecular formula is C17H18FNO2. The smallest absolute Gasteiger partial charge is 0.165 e. The minimum atomic E-state index is -0.288. The molecule has 0 aliphatic carbocycles. The second-order valence-electron chi connectivity index (χ2n) is 5.08. The standard InChI is InChI=1S/C17H18FNO2/c1-20-13-7-5-12(6-8-13)11-19-16-9-10-21-17-14(16)3-2-4-15(17)18/h2-8,16,19H,9-11H2,1H3. The van der Waals surface area contributed by atoms with Crippen LogP contribution in [0.3, 0.4) is 0 Å². The average molecular weight is 287 g/mol. The molecule has 2 aromatic rings. The van der Waals surface area contributed by atoms with Gasteiger partial charge in [0.15, 0.2) is 11.6 Å². The Morgan fingerprint density at radius 1 is 1.24 bits per heavy atom. The van der Waals surface area contributed by atoms with E-state index >= 15 is 0 Å². The Bertz CT molecular complexity index is 613. The highest BCUT2D eigenvalue weighted by molar-refractivity contribution is 5.39. The summed E-state index contributed by atoms with van der Waals surface area (Å²) in [5.74, 6) is 0.941. The van der Waals surface area contributed by atoms with Crippen molar-refractivity contribution in [3.63, 3.8) is 0 Å². The van der Waals surface area contributed by atoms with Crippen molar-refractivity contribution < 1.29 is 13.9 Å². The number of methoxy groups -OCH3 is 1. The molecule has 110 valence electrons. The third-order valence-corrected chi connectivity index (χ3v) is 3.74. The maximum absolute atomic E-state index is 13.7. The number of ether oxygens (including phenoxy) is 2. The molecule has 0 fully saturated rings. The van der Waals surface area contributed by atoms with Crippen LogP contribution in [0.2, 0.25) is 0 Å². The van der Waals surface area contributed by atoms with E-state index in [-0.39, 0.29) is 11.9 Å². The van der Waals surface area contributed by atoms with Crippen molar-refractivity contribution in [3.8, 4) is 11.5 Å². The first kappa shape index (κ1) is 13.9. The number of para-hydroxylation sites is 1.